The minimum Gasteiger partial charge on any atom is -0.481 e. The van der Waals surface area contributed by atoms with Gasteiger partial charge in [0.2, 0.25) is 0 Å². The minimum absolute atomic E-state index is 0.267. The molecular weight excluding hydrogens is 402 g/mol. The summed E-state index contributed by atoms with van der Waals surface area (Å²) in [5, 5.41) is 9.21. The molecule has 0 amide bonds. The molecule has 168 valence electrons. The molecule has 2 N–H and O–H groups in total. The number of likely N-dealkylation sites (N-methyl/N-ethyl adjacent to an activating group) is 2. The van der Waals surface area contributed by atoms with Gasteiger partial charge in [0, 0.05) is 19.0 Å². The van der Waals surface area contributed by atoms with Gasteiger partial charge in [-0.15, -0.1) is 0 Å². The molecule has 0 unspecified atom stereocenters. The number of anilines is 1. The zero-order chi connectivity index (χ0) is 22.8. The van der Waals surface area contributed by atoms with Crippen molar-refractivity contribution in [3.63, 3.8) is 0 Å². The van der Waals surface area contributed by atoms with Crippen LogP contribution in [0.4, 0.5) is 5.69 Å². The van der Waals surface area contributed by atoms with Crippen LogP contribution >= 0.6 is 0 Å². The van der Waals surface area contributed by atoms with E-state index in [1.165, 1.54) is 26.3 Å². The molecule has 0 heterocycles. The van der Waals surface area contributed by atoms with Gasteiger partial charge in [0.05, 0.1) is 45.8 Å². The number of rotatable bonds is 12. The third-order valence-corrected chi connectivity index (χ3v) is 6.11. The molecule has 1 rings (SSSR count). The Bertz CT molecular complexity index is 851. The van der Waals surface area contributed by atoms with Crippen molar-refractivity contribution >= 4 is 21.9 Å². The highest BCUT2D eigenvalue weighted by atomic mass is 32.2. The van der Waals surface area contributed by atoms with Gasteiger partial charge in [0.1, 0.15) is 0 Å². The van der Waals surface area contributed by atoms with Gasteiger partial charge in [-0.25, -0.2) is 0 Å². The van der Waals surface area contributed by atoms with Crippen molar-refractivity contribution in [2.24, 2.45) is 0 Å². The molecule has 0 spiro atoms. The monoisotopic (exact) mass is 438 g/mol. The molecule has 0 bridgehead atoms. The number of nitrogens with zero attached hydrogens (tertiary/aromatic N) is 2. The number of quaternary nitrogens is 1. The maximum Gasteiger partial charge on any atom is 0.305 e. The van der Waals surface area contributed by atoms with Gasteiger partial charge < -0.3 is 9.59 Å². The number of aliphatic carboxylic acids is 1. The van der Waals surface area contributed by atoms with E-state index >= 15 is 0 Å². The van der Waals surface area contributed by atoms with Gasteiger partial charge >= 0.3 is 16.2 Å². The van der Waals surface area contributed by atoms with E-state index in [9.17, 15) is 18.3 Å². The van der Waals surface area contributed by atoms with Gasteiger partial charge in [0.25, 0.3) is 0 Å². The van der Waals surface area contributed by atoms with Crippen molar-refractivity contribution < 1.29 is 22.8 Å². The molecule has 0 saturated heterocycles. The number of benzene rings is 1. The normalized spacial score (nSPS) is 12.9. The van der Waals surface area contributed by atoms with Crippen LogP contribution in [-0.2, 0) is 15.0 Å². The largest absolute Gasteiger partial charge is 0.481 e. The average Bonchev–Trinajstić information content (AvgIpc) is 2.62. The highest BCUT2D eigenvalue weighted by molar-refractivity contribution is 7.90. The summed E-state index contributed by atoms with van der Waals surface area (Å²) in [7, 11) is 3.18. The number of hydrogen-bond acceptors (Lipinski definition) is 3. The molecule has 30 heavy (non-hydrogen) atoms. The Morgan fingerprint density at radius 3 is 2.53 bits per heavy atom. The summed E-state index contributed by atoms with van der Waals surface area (Å²) in [5.74, 6) is 5.18. The molecule has 0 aliphatic heterocycles. The minimum atomic E-state index is -3.92. The number of nitrogens with one attached hydrogen (secondary N) is 1. The number of unbranched alkanes of at least 4 members (excludes halogenated alkanes) is 4. The Hall–Kier alpha value is -2.08. The van der Waals surface area contributed by atoms with E-state index in [-0.39, 0.29) is 6.42 Å². The molecule has 0 saturated carbocycles. The molecule has 8 heteroatoms. The molecule has 0 fully saturated rings. The van der Waals surface area contributed by atoms with E-state index in [2.05, 4.69) is 23.5 Å². The first-order valence-electron chi connectivity index (χ1n) is 10.3. The molecular formula is C22H36N3O4S+. The quantitative estimate of drug-likeness (QED) is 0.298. The standard InChI is InChI=1S/C22H35N3O4S/c1-6-7-8-9-10-11-13-19-14-12-15-20(16-19)23-30(28,29)24(2)21(17-22(26)27)18-25(3,4)5/h12,14-16,21,23H,6-10,17-18H2,1-5H3/p+1/t21-/m1/s1. The summed E-state index contributed by atoms with van der Waals surface area (Å²) < 4.78 is 29.8. The first kappa shape index (κ1) is 26.0. The number of carbonyl (C=O) groups is 1. The van der Waals surface area contributed by atoms with E-state index in [1.807, 2.05) is 27.2 Å². The lowest BCUT2D eigenvalue weighted by atomic mass is 10.1. The molecule has 1 aromatic carbocycles. The van der Waals surface area contributed by atoms with Crippen LogP contribution in [0.15, 0.2) is 24.3 Å². The summed E-state index contributed by atoms with van der Waals surface area (Å²) in [4.78, 5) is 11.2. The van der Waals surface area contributed by atoms with E-state index in [0.717, 1.165) is 22.7 Å². The van der Waals surface area contributed by atoms with Crippen LogP contribution in [0.2, 0.25) is 0 Å². The Balaban J connectivity index is 2.88. The van der Waals surface area contributed by atoms with Crippen molar-refractivity contribution in [1.29, 1.82) is 0 Å². The maximum atomic E-state index is 12.9. The molecule has 1 atom stereocenters. The van der Waals surface area contributed by atoms with Crippen molar-refractivity contribution in [1.82, 2.24) is 4.31 Å². The van der Waals surface area contributed by atoms with E-state index in [0.29, 0.717) is 16.7 Å². The SMILES string of the molecule is CCCCCCC#Cc1cccc(NS(=O)(=O)N(C)[C@H](CC(=O)O)C[N+](C)(C)C)c1. The average molecular weight is 439 g/mol. The summed E-state index contributed by atoms with van der Waals surface area (Å²) in [6.45, 7) is 2.54. The van der Waals surface area contributed by atoms with Crippen LogP contribution in [0, 0.1) is 11.8 Å². The first-order valence-corrected chi connectivity index (χ1v) is 11.8. The fourth-order valence-electron chi connectivity index (χ4n) is 3.02. The fraction of sp³-hybridized carbons (Fsp3) is 0.591. The third-order valence-electron chi connectivity index (χ3n) is 4.56. The second kappa shape index (κ2) is 11.9. The number of carboxylic acids is 1. The zero-order valence-electron chi connectivity index (χ0n) is 18.8. The van der Waals surface area contributed by atoms with Gasteiger partial charge in [-0.1, -0.05) is 44.1 Å². The van der Waals surface area contributed by atoms with Crippen LogP contribution in [0.25, 0.3) is 0 Å². The van der Waals surface area contributed by atoms with Crippen molar-refractivity contribution in [2.75, 3.05) is 39.5 Å². The van der Waals surface area contributed by atoms with Crippen molar-refractivity contribution in [2.45, 2.75) is 51.5 Å². The Morgan fingerprint density at radius 2 is 1.93 bits per heavy atom. The van der Waals surface area contributed by atoms with E-state index in [4.69, 9.17) is 0 Å². The summed E-state index contributed by atoms with van der Waals surface area (Å²) in [5.41, 5.74) is 1.14. The second-order valence-corrected chi connectivity index (χ2v) is 10.3. The first-order chi connectivity index (χ1) is 13.9. The second-order valence-electron chi connectivity index (χ2n) is 8.54. The number of carboxylic acid groups (broad SMARTS) is 1. The van der Waals surface area contributed by atoms with Crippen LogP contribution in [0.1, 0.15) is 51.0 Å². The van der Waals surface area contributed by atoms with Crippen LogP contribution in [-0.4, -0.2) is 69.1 Å². The van der Waals surface area contributed by atoms with Gasteiger partial charge in [-0.2, -0.15) is 12.7 Å². The molecule has 1 aromatic rings. The molecule has 0 aliphatic carbocycles. The summed E-state index contributed by atoms with van der Waals surface area (Å²) in [6.07, 6.45) is 5.18. The third kappa shape index (κ3) is 10.1. The van der Waals surface area contributed by atoms with Gasteiger partial charge in [-0.05, 0) is 24.6 Å². The van der Waals surface area contributed by atoms with Crippen LogP contribution in [0.5, 0.6) is 0 Å². The highest BCUT2D eigenvalue weighted by Gasteiger charge is 2.32. The Kier molecular flexibility index (Phi) is 10.3. The van der Waals surface area contributed by atoms with E-state index in [1.54, 1.807) is 18.2 Å². The maximum absolute atomic E-state index is 12.9. The lowest BCUT2D eigenvalue weighted by Gasteiger charge is -2.33. The topological polar surface area (TPSA) is 86.7 Å². The molecule has 0 radical (unpaired) electrons. The predicted molar refractivity (Wildman–Crippen MR) is 121 cm³/mol. The summed E-state index contributed by atoms with van der Waals surface area (Å²) in [6, 6.07) is 6.26. The van der Waals surface area contributed by atoms with E-state index < -0.39 is 22.2 Å². The highest BCUT2D eigenvalue weighted by Crippen LogP contribution is 2.17. The van der Waals surface area contributed by atoms with Crippen LogP contribution < -0.4 is 4.72 Å². The van der Waals surface area contributed by atoms with Crippen LogP contribution in [0.3, 0.4) is 0 Å². The smallest absolute Gasteiger partial charge is 0.305 e. The van der Waals surface area contributed by atoms with Crippen molar-refractivity contribution in [3.8, 4) is 11.8 Å². The Morgan fingerprint density at radius 1 is 1.23 bits per heavy atom. The number of hydrogen-bond donors (Lipinski definition) is 2. The van der Waals surface area contributed by atoms with Gasteiger partial charge in [-0.3, -0.25) is 9.52 Å². The van der Waals surface area contributed by atoms with Crippen molar-refractivity contribution in [3.05, 3.63) is 29.8 Å². The molecule has 0 aliphatic rings. The summed E-state index contributed by atoms with van der Waals surface area (Å²) >= 11 is 0. The fourth-order valence-corrected chi connectivity index (χ4v) is 4.13. The molecule has 0 aromatic heterocycles. The predicted octanol–water partition coefficient (Wildman–Crippen LogP) is 3.15. The lowest BCUT2D eigenvalue weighted by Crippen LogP contribution is -2.51. The zero-order valence-corrected chi connectivity index (χ0v) is 19.6. The van der Waals surface area contributed by atoms with Gasteiger partial charge in [0.15, 0.2) is 0 Å². The lowest BCUT2D eigenvalue weighted by molar-refractivity contribution is -0.872. The Labute approximate surface area is 181 Å². The molecule has 7 nitrogen and oxygen atoms in total.